The van der Waals surface area contributed by atoms with E-state index in [0.717, 1.165) is 31.7 Å². The molecular formula is C16H25N3O2. The van der Waals surface area contributed by atoms with Crippen molar-refractivity contribution in [2.45, 2.75) is 19.9 Å². The second-order valence-corrected chi connectivity index (χ2v) is 4.66. The van der Waals surface area contributed by atoms with E-state index in [-0.39, 0.29) is 6.04 Å². The first kappa shape index (κ1) is 17.3. The molecule has 1 rings (SSSR count). The van der Waals surface area contributed by atoms with Gasteiger partial charge in [-0.1, -0.05) is 19.9 Å². The van der Waals surface area contributed by atoms with Gasteiger partial charge in [-0.2, -0.15) is 5.26 Å². The highest BCUT2D eigenvalue weighted by atomic mass is 16.5. The second kappa shape index (κ2) is 9.22. The normalized spacial score (nSPS) is 12.0. The summed E-state index contributed by atoms with van der Waals surface area (Å²) >= 11 is 0. The van der Waals surface area contributed by atoms with Crippen LogP contribution in [0.2, 0.25) is 0 Å². The van der Waals surface area contributed by atoms with Crippen molar-refractivity contribution in [2.24, 2.45) is 0 Å². The van der Waals surface area contributed by atoms with Crippen molar-refractivity contribution in [1.82, 2.24) is 10.2 Å². The Morgan fingerprint density at radius 1 is 1.19 bits per heavy atom. The summed E-state index contributed by atoms with van der Waals surface area (Å²) in [4.78, 5) is 2.32. The quantitative estimate of drug-likeness (QED) is 0.756. The lowest BCUT2D eigenvalue weighted by Gasteiger charge is -2.20. The van der Waals surface area contributed by atoms with Crippen LogP contribution in [-0.2, 0) is 0 Å². The molecule has 5 heteroatoms. The lowest BCUT2D eigenvalue weighted by atomic mass is 10.1. The van der Waals surface area contributed by atoms with Crippen LogP contribution in [0.5, 0.6) is 11.5 Å². The Labute approximate surface area is 127 Å². The lowest BCUT2D eigenvalue weighted by Crippen LogP contribution is -2.33. The van der Waals surface area contributed by atoms with Gasteiger partial charge in [0.2, 0.25) is 0 Å². The van der Waals surface area contributed by atoms with Crippen molar-refractivity contribution in [2.75, 3.05) is 40.4 Å². The first-order chi connectivity index (χ1) is 10.2. The van der Waals surface area contributed by atoms with Crippen LogP contribution >= 0.6 is 0 Å². The number of methoxy groups -OCH3 is 2. The zero-order valence-corrected chi connectivity index (χ0v) is 13.3. The van der Waals surface area contributed by atoms with Gasteiger partial charge in [-0.3, -0.25) is 5.32 Å². The van der Waals surface area contributed by atoms with E-state index in [1.165, 1.54) is 0 Å². The summed E-state index contributed by atoms with van der Waals surface area (Å²) in [5.74, 6) is 1.31. The summed E-state index contributed by atoms with van der Waals surface area (Å²) in [5, 5.41) is 12.6. The van der Waals surface area contributed by atoms with Gasteiger partial charge >= 0.3 is 0 Å². The summed E-state index contributed by atoms with van der Waals surface area (Å²) in [6.45, 7) is 8.02. The first-order valence-electron chi connectivity index (χ1n) is 7.27. The summed E-state index contributed by atoms with van der Waals surface area (Å²) < 4.78 is 10.5. The SMILES string of the molecule is CCN(CC)CCNC(C#N)c1ccc(OC)c(OC)c1. The molecule has 5 nitrogen and oxygen atoms in total. The van der Waals surface area contributed by atoms with Crippen molar-refractivity contribution in [3.63, 3.8) is 0 Å². The van der Waals surface area contributed by atoms with Gasteiger partial charge in [0.1, 0.15) is 6.04 Å². The molecule has 0 bridgehead atoms. The molecule has 1 unspecified atom stereocenters. The van der Waals surface area contributed by atoms with Crippen molar-refractivity contribution in [1.29, 1.82) is 5.26 Å². The van der Waals surface area contributed by atoms with E-state index in [4.69, 9.17) is 9.47 Å². The third-order valence-corrected chi connectivity index (χ3v) is 3.54. The molecule has 0 fully saturated rings. The molecule has 116 valence electrons. The number of likely N-dealkylation sites (N-methyl/N-ethyl adjacent to an activating group) is 1. The van der Waals surface area contributed by atoms with Gasteiger partial charge in [0.15, 0.2) is 11.5 Å². The van der Waals surface area contributed by atoms with Crippen molar-refractivity contribution in [3.05, 3.63) is 23.8 Å². The number of nitriles is 1. The Morgan fingerprint density at radius 3 is 2.38 bits per heavy atom. The number of rotatable bonds is 9. The Bertz CT molecular complexity index is 467. The zero-order chi connectivity index (χ0) is 15.7. The third kappa shape index (κ3) is 4.92. The van der Waals surface area contributed by atoms with Crippen LogP contribution in [0.15, 0.2) is 18.2 Å². The van der Waals surface area contributed by atoms with Gasteiger partial charge in [0.25, 0.3) is 0 Å². The third-order valence-electron chi connectivity index (χ3n) is 3.54. The van der Waals surface area contributed by atoms with Gasteiger partial charge in [-0.15, -0.1) is 0 Å². The summed E-state index contributed by atoms with van der Waals surface area (Å²) in [5.41, 5.74) is 0.884. The van der Waals surface area contributed by atoms with Crippen LogP contribution in [0.1, 0.15) is 25.5 Å². The Hall–Kier alpha value is -1.77. The molecule has 0 saturated heterocycles. The van der Waals surface area contributed by atoms with Gasteiger partial charge in [-0.05, 0) is 30.8 Å². The van der Waals surface area contributed by atoms with Crippen molar-refractivity contribution >= 4 is 0 Å². The van der Waals surface area contributed by atoms with Gasteiger partial charge in [0, 0.05) is 13.1 Å². The molecule has 0 aliphatic carbocycles. The van der Waals surface area contributed by atoms with E-state index in [0.29, 0.717) is 11.5 Å². The number of hydrogen-bond acceptors (Lipinski definition) is 5. The predicted molar refractivity (Wildman–Crippen MR) is 83.7 cm³/mol. The standard InChI is InChI=1S/C16H25N3O2/c1-5-19(6-2)10-9-18-14(12-17)13-7-8-15(20-3)16(11-13)21-4/h7-8,11,14,18H,5-6,9-10H2,1-4H3. The molecule has 21 heavy (non-hydrogen) atoms. The number of nitrogens with one attached hydrogen (secondary N) is 1. The van der Waals surface area contributed by atoms with E-state index in [2.05, 4.69) is 30.1 Å². The van der Waals surface area contributed by atoms with E-state index in [9.17, 15) is 5.26 Å². The largest absolute Gasteiger partial charge is 0.493 e. The van der Waals surface area contributed by atoms with E-state index < -0.39 is 0 Å². The second-order valence-electron chi connectivity index (χ2n) is 4.66. The lowest BCUT2D eigenvalue weighted by molar-refractivity contribution is 0.300. The molecule has 0 aliphatic rings. The maximum atomic E-state index is 9.35. The Kier molecular flexibility index (Phi) is 7.59. The Balaban J connectivity index is 2.70. The maximum absolute atomic E-state index is 9.35. The topological polar surface area (TPSA) is 57.5 Å². The zero-order valence-electron chi connectivity index (χ0n) is 13.3. The highest BCUT2D eigenvalue weighted by Gasteiger charge is 2.13. The number of hydrogen-bond donors (Lipinski definition) is 1. The van der Waals surface area contributed by atoms with Gasteiger partial charge in [-0.25, -0.2) is 0 Å². The highest BCUT2D eigenvalue weighted by molar-refractivity contribution is 5.44. The number of benzene rings is 1. The maximum Gasteiger partial charge on any atom is 0.161 e. The van der Waals surface area contributed by atoms with E-state index >= 15 is 0 Å². The molecule has 1 aromatic carbocycles. The van der Waals surface area contributed by atoms with Crippen LogP contribution in [-0.4, -0.2) is 45.3 Å². The summed E-state index contributed by atoms with van der Waals surface area (Å²) in [6, 6.07) is 7.50. The van der Waals surface area contributed by atoms with Gasteiger partial charge < -0.3 is 14.4 Å². The summed E-state index contributed by atoms with van der Waals surface area (Å²) in [6.07, 6.45) is 0. The molecule has 1 aromatic rings. The van der Waals surface area contributed by atoms with Crippen molar-refractivity contribution in [3.8, 4) is 17.6 Å². The fourth-order valence-corrected chi connectivity index (χ4v) is 2.18. The number of nitrogens with zero attached hydrogens (tertiary/aromatic N) is 2. The minimum Gasteiger partial charge on any atom is -0.493 e. The summed E-state index contributed by atoms with van der Waals surface area (Å²) in [7, 11) is 3.19. The molecule has 0 amide bonds. The van der Waals surface area contributed by atoms with E-state index in [1.54, 1.807) is 14.2 Å². The van der Waals surface area contributed by atoms with Crippen LogP contribution in [0, 0.1) is 11.3 Å². The first-order valence-corrected chi connectivity index (χ1v) is 7.27. The fraction of sp³-hybridized carbons (Fsp3) is 0.562. The van der Waals surface area contributed by atoms with Crippen LogP contribution in [0.3, 0.4) is 0 Å². The van der Waals surface area contributed by atoms with E-state index in [1.807, 2.05) is 18.2 Å². The average Bonchev–Trinajstić information content (AvgIpc) is 2.54. The Morgan fingerprint density at radius 2 is 1.86 bits per heavy atom. The molecule has 1 atom stereocenters. The molecular weight excluding hydrogens is 266 g/mol. The van der Waals surface area contributed by atoms with Crippen LogP contribution in [0.25, 0.3) is 0 Å². The molecule has 0 spiro atoms. The average molecular weight is 291 g/mol. The van der Waals surface area contributed by atoms with Gasteiger partial charge in [0.05, 0.1) is 20.3 Å². The van der Waals surface area contributed by atoms with Crippen LogP contribution in [0.4, 0.5) is 0 Å². The molecule has 1 N–H and O–H groups in total. The minimum atomic E-state index is -0.347. The minimum absolute atomic E-state index is 0.347. The number of ether oxygens (including phenoxy) is 2. The monoisotopic (exact) mass is 291 g/mol. The van der Waals surface area contributed by atoms with Crippen LogP contribution < -0.4 is 14.8 Å². The molecule has 0 heterocycles. The smallest absolute Gasteiger partial charge is 0.161 e. The molecule has 0 saturated carbocycles. The molecule has 0 aliphatic heterocycles. The molecule has 0 aromatic heterocycles. The molecule has 0 radical (unpaired) electrons. The highest BCUT2D eigenvalue weighted by Crippen LogP contribution is 2.29. The fourth-order valence-electron chi connectivity index (χ4n) is 2.18. The predicted octanol–water partition coefficient (Wildman–Crippen LogP) is 2.20. The van der Waals surface area contributed by atoms with Crippen molar-refractivity contribution < 1.29 is 9.47 Å².